The number of hydrogen-bond donors (Lipinski definition) is 2. The molecule has 2 aromatic carbocycles. The number of carbonyl (C=O) groups is 1. The van der Waals surface area contributed by atoms with Crippen molar-refractivity contribution in [1.82, 2.24) is 0 Å². The normalized spacial score (nSPS) is 10.1. The molecule has 0 radical (unpaired) electrons. The Bertz CT molecular complexity index is 552. The zero-order chi connectivity index (χ0) is 13.0. The maximum Gasteiger partial charge on any atom is 0.228 e. The molecule has 0 unspecified atom stereocenters. The fourth-order valence-electron chi connectivity index (χ4n) is 1.59. The van der Waals surface area contributed by atoms with E-state index in [4.69, 9.17) is 17.3 Å². The number of hydrogen-bond acceptors (Lipinski definition) is 2. The summed E-state index contributed by atoms with van der Waals surface area (Å²) in [7, 11) is 0. The van der Waals surface area contributed by atoms with Crippen molar-refractivity contribution in [3.8, 4) is 0 Å². The Labute approximate surface area is 111 Å². The van der Waals surface area contributed by atoms with E-state index in [0.29, 0.717) is 22.8 Å². The van der Waals surface area contributed by atoms with Crippen LogP contribution in [0.3, 0.4) is 0 Å². The highest BCUT2D eigenvalue weighted by molar-refractivity contribution is 6.30. The number of anilines is 2. The van der Waals surface area contributed by atoms with Crippen molar-refractivity contribution in [3.63, 3.8) is 0 Å². The van der Waals surface area contributed by atoms with E-state index >= 15 is 0 Å². The first-order chi connectivity index (χ1) is 8.63. The molecule has 0 bridgehead atoms. The zero-order valence-electron chi connectivity index (χ0n) is 9.69. The van der Waals surface area contributed by atoms with Crippen LogP contribution in [0.15, 0.2) is 48.5 Å². The van der Waals surface area contributed by atoms with Crippen LogP contribution in [0.2, 0.25) is 5.02 Å². The van der Waals surface area contributed by atoms with Gasteiger partial charge in [-0.3, -0.25) is 4.79 Å². The van der Waals surface area contributed by atoms with E-state index < -0.39 is 0 Å². The molecule has 2 rings (SSSR count). The van der Waals surface area contributed by atoms with Crippen LogP contribution in [-0.2, 0) is 11.2 Å². The number of nitrogens with one attached hydrogen (secondary N) is 1. The van der Waals surface area contributed by atoms with E-state index in [1.807, 2.05) is 12.1 Å². The van der Waals surface area contributed by atoms with Crippen molar-refractivity contribution in [1.29, 1.82) is 0 Å². The van der Waals surface area contributed by atoms with Gasteiger partial charge in [0.25, 0.3) is 0 Å². The fraction of sp³-hybridized carbons (Fsp3) is 0.0714. The monoisotopic (exact) mass is 260 g/mol. The average Bonchev–Trinajstić information content (AvgIpc) is 2.32. The second-order valence-electron chi connectivity index (χ2n) is 3.98. The fourth-order valence-corrected chi connectivity index (χ4v) is 1.78. The predicted molar refractivity (Wildman–Crippen MR) is 74.6 cm³/mol. The van der Waals surface area contributed by atoms with Crippen LogP contribution >= 0.6 is 11.6 Å². The van der Waals surface area contributed by atoms with Gasteiger partial charge in [-0.05, 0) is 35.9 Å². The molecule has 0 aliphatic rings. The first kappa shape index (κ1) is 12.5. The molecule has 3 N–H and O–H groups in total. The molecular weight excluding hydrogens is 248 g/mol. The van der Waals surface area contributed by atoms with Crippen LogP contribution in [0.1, 0.15) is 5.56 Å². The minimum Gasteiger partial charge on any atom is -0.399 e. The molecule has 0 fully saturated rings. The van der Waals surface area contributed by atoms with Crippen LogP contribution in [0.25, 0.3) is 0 Å². The van der Waals surface area contributed by atoms with Gasteiger partial charge >= 0.3 is 0 Å². The third-order valence-electron chi connectivity index (χ3n) is 2.45. The summed E-state index contributed by atoms with van der Waals surface area (Å²) in [5.41, 5.74) is 7.89. The lowest BCUT2D eigenvalue weighted by molar-refractivity contribution is -0.115. The summed E-state index contributed by atoms with van der Waals surface area (Å²) in [5, 5.41) is 3.39. The summed E-state index contributed by atoms with van der Waals surface area (Å²) < 4.78 is 0. The molecule has 92 valence electrons. The molecule has 0 aliphatic heterocycles. The number of amides is 1. The van der Waals surface area contributed by atoms with Gasteiger partial charge < -0.3 is 11.1 Å². The van der Waals surface area contributed by atoms with Gasteiger partial charge in [-0.2, -0.15) is 0 Å². The Morgan fingerprint density at radius 3 is 2.56 bits per heavy atom. The number of nitrogens with two attached hydrogens (primary N) is 1. The molecule has 0 aromatic heterocycles. The van der Waals surface area contributed by atoms with Crippen molar-refractivity contribution < 1.29 is 4.79 Å². The van der Waals surface area contributed by atoms with E-state index in [1.54, 1.807) is 36.4 Å². The third kappa shape index (κ3) is 3.50. The van der Waals surface area contributed by atoms with Crippen LogP contribution in [0.5, 0.6) is 0 Å². The maximum absolute atomic E-state index is 11.8. The SMILES string of the molecule is Nc1ccc(CC(=O)Nc2cccc(Cl)c2)cc1. The first-order valence-electron chi connectivity index (χ1n) is 5.53. The Morgan fingerprint density at radius 1 is 1.17 bits per heavy atom. The lowest BCUT2D eigenvalue weighted by Gasteiger charge is -2.05. The summed E-state index contributed by atoms with van der Waals surface area (Å²) in [6.45, 7) is 0. The highest BCUT2D eigenvalue weighted by Gasteiger charge is 2.04. The van der Waals surface area contributed by atoms with Gasteiger partial charge in [0.15, 0.2) is 0 Å². The second-order valence-corrected chi connectivity index (χ2v) is 4.41. The van der Waals surface area contributed by atoms with Gasteiger partial charge in [0.1, 0.15) is 0 Å². The number of halogens is 1. The van der Waals surface area contributed by atoms with E-state index in [2.05, 4.69) is 5.32 Å². The highest BCUT2D eigenvalue weighted by Crippen LogP contribution is 2.15. The Hall–Kier alpha value is -2.00. The Kier molecular flexibility index (Phi) is 3.85. The molecule has 1 amide bonds. The van der Waals surface area contributed by atoms with Crippen molar-refractivity contribution in [3.05, 3.63) is 59.1 Å². The quantitative estimate of drug-likeness (QED) is 0.833. The number of benzene rings is 2. The molecule has 0 heterocycles. The van der Waals surface area contributed by atoms with E-state index in [1.165, 1.54) is 0 Å². The Balaban J connectivity index is 1.98. The summed E-state index contributed by atoms with van der Waals surface area (Å²) in [6.07, 6.45) is 0.312. The van der Waals surface area contributed by atoms with Crippen LogP contribution < -0.4 is 11.1 Å². The molecule has 4 heteroatoms. The summed E-state index contributed by atoms with van der Waals surface area (Å²) >= 11 is 5.84. The van der Waals surface area contributed by atoms with Gasteiger partial charge in [0.2, 0.25) is 5.91 Å². The van der Waals surface area contributed by atoms with Crippen molar-refractivity contribution in [2.75, 3.05) is 11.1 Å². The van der Waals surface area contributed by atoms with Gasteiger partial charge in [-0.1, -0.05) is 29.8 Å². The van der Waals surface area contributed by atoms with Gasteiger partial charge in [-0.15, -0.1) is 0 Å². The topological polar surface area (TPSA) is 55.1 Å². The largest absolute Gasteiger partial charge is 0.399 e. The van der Waals surface area contributed by atoms with Crippen LogP contribution in [-0.4, -0.2) is 5.91 Å². The minimum absolute atomic E-state index is 0.0814. The molecule has 2 aromatic rings. The maximum atomic E-state index is 11.8. The first-order valence-corrected chi connectivity index (χ1v) is 5.91. The molecular formula is C14H13ClN2O. The van der Waals surface area contributed by atoms with Crippen LogP contribution in [0, 0.1) is 0 Å². The van der Waals surface area contributed by atoms with E-state index in [9.17, 15) is 4.79 Å². The number of rotatable bonds is 3. The van der Waals surface area contributed by atoms with Crippen molar-refractivity contribution in [2.45, 2.75) is 6.42 Å². The van der Waals surface area contributed by atoms with E-state index in [0.717, 1.165) is 5.56 Å². The molecule has 0 aliphatic carbocycles. The van der Waals surface area contributed by atoms with Crippen LogP contribution in [0.4, 0.5) is 11.4 Å². The van der Waals surface area contributed by atoms with Crippen molar-refractivity contribution in [2.24, 2.45) is 0 Å². The van der Waals surface area contributed by atoms with Crippen molar-refractivity contribution >= 4 is 28.9 Å². The molecule has 0 spiro atoms. The zero-order valence-corrected chi connectivity index (χ0v) is 10.4. The molecule has 3 nitrogen and oxygen atoms in total. The van der Waals surface area contributed by atoms with Gasteiger partial charge in [-0.25, -0.2) is 0 Å². The highest BCUT2D eigenvalue weighted by atomic mass is 35.5. The Morgan fingerprint density at radius 2 is 1.89 bits per heavy atom. The number of carbonyl (C=O) groups excluding carboxylic acids is 1. The van der Waals surface area contributed by atoms with Gasteiger partial charge in [0, 0.05) is 16.4 Å². The standard InChI is InChI=1S/C14H13ClN2O/c15-11-2-1-3-13(9-11)17-14(18)8-10-4-6-12(16)7-5-10/h1-7,9H,8,16H2,(H,17,18). The van der Waals surface area contributed by atoms with Gasteiger partial charge in [0.05, 0.1) is 6.42 Å². The lowest BCUT2D eigenvalue weighted by atomic mass is 10.1. The predicted octanol–water partition coefficient (Wildman–Crippen LogP) is 3.10. The molecule has 0 saturated heterocycles. The minimum atomic E-state index is -0.0814. The summed E-state index contributed by atoms with van der Waals surface area (Å²) in [4.78, 5) is 11.8. The lowest BCUT2D eigenvalue weighted by Crippen LogP contribution is -2.14. The smallest absolute Gasteiger partial charge is 0.228 e. The third-order valence-corrected chi connectivity index (χ3v) is 2.69. The average molecular weight is 261 g/mol. The summed E-state index contributed by atoms with van der Waals surface area (Å²) in [5.74, 6) is -0.0814. The molecule has 0 atom stereocenters. The molecule has 18 heavy (non-hydrogen) atoms. The number of nitrogen functional groups attached to an aromatic ring is 1. The van der Waals surface area contributed by atoms with E-state index in [-0.39, 0.29) is 5.91 Å². The second kappa shape index (κ2) is 5.56. The molecule has 0 saturated carbocycles. The summed E-state index contributed by atoms with van der Waals surface area (Å²) in [6, 6.07) is 14.3.